The first kappa shape index (κ1) is 14.5. The van der Waals surface area contributed by atoms with E-state index >= 15 is 0 Å². The van der Waals surface area contributed by atoms with E-state index in [4.69, 9.17) is 0 Å². The minimum absolute atomic E-state index is 0.0540. The molecule has 1 aromatic carbocycles. The first-order chi connectivity index (χ1) is 9.44. The highest BCUT2D eigenvalue weighted by atomic mass is 19.1. The average molecular weight is 278 g/mol. The van der Waals surface area contributed by atoms with E-state index in [0.29, 0.717) is 19.4 Å². The molecular formula is C15H19FN2O2. The molecule has 1 heterocycles. The quantitative estimate of drug-likeness (QED) is 0.907. The summed E-state index contributed by atoms with van der Waals surface area (Å²) in [5, 5.41) is 2.75. The number of piperazine rings is 1. The Bertz CT molecular complexity index is 515. The molecule has 0 saturated carbocycles. The Hall–Kier alpha value is -1.91. The molecular weight excluding hydrogens is 259 g/mol. The van der Waals surface area contributed by atoms with Crippen LogP contribution in [0.3, 0.4) is 0 Å². The second-order valence-electron chi connectivity index (χ2n) is 5.34. The van der Waals surface area contributed by atoms with Crippen molar-refractivity contribution in [1.29, 1.82) is 0 Å². The van der Waals surface area contributed by atoms with E-state index < -0.39 is 5.54 Å². The number of rotatable bonds is 4. The van der Waals surface area contributed by atoms with Crippen LogP contribution in [0.25, 0.3) is 0 Å². The van der Waals surface area contributed by atoms with Crippen LogP contribution in [0.1, 0.15) is 25.8 Å². The van der Waals surface area contributed by atoms with Crippen LogP contribution in [-0.2, 0) is 16.0 Å². The van der Waals surface area contributed by atoms with Crippen molar-refractivity contribution in [1.82, 2.24) is 10.2 Å². The summed E-state index contributed by atoms with van der Waals surface area (Å²) in [6.45, 7) is 4.18. The number of nitrogens with one attached hydrogen (secondary N) is 1. The first-order valence-corrected chi connectivity index (χ1v) is 6.79. The molecule has 0 spiro atoms. The van der Waals surface area contributed by atoms with Crippen molar-refractivity contribution < 1.29 is 14.0 Å². The molecule has 1 aromatic rings. The van der Waals surface area contributed by atoms with E-state index in [-0.39, 0.29) is 24.2 Å². The van der Waals surface area contributed by atoms with Crippen molar-refractivity contribution in [3.63, 3.8) is 0 Å². The molecule has 108 valence electrons. The summed E-state index contributed by atoms with van der Waals surface area (Å²) >= 11 is 0. The van der Waals surface area contributed by atoms with Gasteiger partial charge in [0.15, 0.2) is 0 Å². The van der Waals surface area contributed by atoms with Crippen LogP contribution in [0.2, 0.25) is 0 Å². The number of hydrogen-bond acceptors (Lipinski definition) is 2. The molecule has 4 nitrogen and oxygen atoms in total. The molecule has 1 atom stereocenters. The number of benzene rings is 1. The van der Waals surface area contributed by atoms with Crippen molar-refractivity contribution in [3.05, 3.63) is 35.6 Å². The van der Waals surface area contributed by atoms with Gasteiger partial charge in [-0.2, -0.15) is 0 Å². The number of carbonyl (C=O) groups excluding carboxylic acids is 2. The summed E-state index contributed by atoms with van der Waals surface area (Å²) in [5.41, 5.74) is 0.140. The lowest BCUT2D eigenvalue weighted by Crippen LogP contribution is -2.65. The van der Waals surface area contributed by atoms with Gasteiger partial charge >= 0.3 is 0 Å². The van der Waals surface area contributed by atoms with E-state index in [1.54, 1.807) is 24.0 Å². The number of carbonyl (C=O) groups is 2. The summed E-state index contributed by atoms with van der Waals surface area (Å²) in [7, 11) is 0. The summed E-state index contributed by atoms with van der Waals surface area (Å²) in [6.07, 6.45) is 1.17. The van der Waals surface area contributed by atoms with Crippen LogP contribution in [0, 0.1) is 5.82 Å². The maximum absolute atomic E-state index is 12.8. The van der Waals surface area contributed by atoms with Crippen LogP contribution in [0.4, 0.5) is 4.39 Å². The molecule has 0 aromatic heterocycles. The lowest BCUT2D eigenvalue weighted by atomic mass is 9.94. The third-order valence-corrected chi connectivity index (χ3v) is 3.80. The van der Waals surface area contributed by atoms with Gasteiger partial charge in [-0.15, -0.1) is 0 Å². The minimum atomic E-state index is -0.807. The van der Waals surface area contributed by atoms with E-state index in [9.17, 15) is 14.0 Å². The van der Waals surface area contributed by atoms with E-state index in [1.807, 2.05) is 6.92 Å². The zero-order chi connectivity index (χ0) is 14.8. The van der Waals surface area contributed by atoms with Gasteiger partial charge in [0, 0.05) is 6.54 Å². The number of halogens is 1. The van der Waals surface area contributed by atoms with Crippen LogP contribution in [0.5, 0.6) is 0 Å². The number of nitrogens with zero attached hydrogens (tertiary/aromatic N) is 1. The largest absolute Gasteiger partial charge is 0.340 e. The van der Waals surface area contributed by atoms with Gasteiger partial charge in [-0.3, -0.25) is 9.59 Å². The third-order valence-electron chi connectivity index (χ3n) is 3.80. The summed E-state index contributed by atoms with van der Waals surface area (Å²) < 4.78 is 12.8. The number of amides is 2. The molecule has 0 aliphatic carbocycles. The van der Waals surface area contributed by atoms with Gasteiger partial charge in [0.05, 0.1) is 6.54 Å². The van der Waals surface area contributed by atoms with Gasteiger partial charge < -0.3 is 10.2 Å². The Morgan fingerprint density at radius 3 is 2.55 bits per heavy atom. The Morgan fingerprint density at radius 2 is 1.95 bits per heavy atom. The van der Waals surface area contributed by atoms with Gasteiger partial charge in [0.25, 0.3) is 0 Å². The second-order valence-corrected chi connectivity index (χ2v) is 5.34. The molecule has 0 radical (unpaired) electrons. The van der Waals surface area contributed by atoms with Gasteiger partial charge in [-0.25, -0.2) is 4.39 Å². The van der Waals surface area contributed by atoms with E-state index in [0.717, 1.165) is 5.56 Å². The fourth-order valence-electron chi connectivity index (χ4n) is 2.33. The third kappa shape index (κ3) is 2.98. The van der Waals surface area contributed by atoms with E-state index in [2.05, 4.69) is 5.32 Å². The van der Waals surface area contributed by atoms with E-state index in [1.165, 1.54) is 12.1 Å². The zero-order valence-corrected chi connectivity index (χ0v) is 11.8. The smallest absolute Gasteiger partial charge is 0.248 e. The van der Waals surface area contributed by atoms with Crippen LogP contribution in [-0.4, -0.2) is 35.3 Å². The minimum Gasteiger partial charge on any atom is -0.340 e. The lowest BCUT2D eigenvalue weighted by molar-refractivity contribution is -0.149. The Balaban J connectivity index is 2.03. The highest BCUT2D eigenvalue weighted by molar-refractivity contribution is 5.97. The molecule has 1 aliphatic rings. The molecule has 2 rings (SSSR count). The van der Waals surface area contributed by atoms with Crippen LogP contribution in [0.15, 0.2) is 24.3 Å². The van der Waals surface area contributed by atoms with Gasteiger partial charge in [-0.05, 0) is 37.5 Å². The van der Waals surface area contributed by atoms with Crippen molar-refractivity contribution >= 4 is 11.8 Å². The standard InChI is InChI=1S/C15H19FN2O2/c1-3-15(2)14(20)18(10-13(19)17-15)9-8-11-4-6-12(16)7-5-11/h4-7H,3,8-10H2,1-2H3,(H,17,19). The normalized spacial score (nSPS) is 22.9. The van der Waals surface area contributed by atoms with Crippen molar-refractivity contribution in [3.8, 4) is 0 Å². The average Bonchev–Trinajstić information content (AvgIpc) is 2.43. The van der Waals surface area contributed by atoms with Gasteiger partial charge in [0.2, 0.25) is 11.8 Å². The Morgan fingerprint density at radius 1 is 1.30 bits per heavy atom. The molecule has 1 N–H and O–H groups in total. The molecule has 2 amide bonds. The monoisotopic (exact) mass is 278 g/mol. The second kappa shape index (κ2) is 5.61. The van der Waals surface area contributed by atoms with Crippen LogP contribution >= 0.6 is 0 Å². The number of hydrogen-bond donors (Lipinski definition) is 1. The molecule has 0 bridgehead atoms. The fraction of sp³-hybridized carbons (Fsp3) is 0.467. The van der Waals surface area contributed by atoms with Crippen molar-refractivity contribution in [2.45, 2.75) is 32.2 Å². The lowest BCUT2D eigenvalue weighted by Gasteiger charge is -2.39. The van der Waals surface area contributed by atoms with Crippen LogP contribution < -0.4 is 5.32 Å². The molecule has 1 saturated heterocycles. The predicted molar refractivity (Wildman–Crippen MR) is 73.5 cm³/mol. The summed E-state index contributed by atoms with van der Waals surface area (Å²) in [5.74, 6) is -0.462. The molecule has 20 heavy (non-hydrogen) atoms. The maximum atomic E-state index is 12.8. The fourth-order valence-corrected chi connectivity index (χ4v) is 2.33. The van der Waals surface area contributed by atoms with Crippen molar-refractivity contribution in [2.75, 3.05) is 13.1 Å². The molecule has 1 fully saturated rings. The summed E-state index contributed by atoms with van der Waals surface area (Å²) in [6, 6.07) is 6.19. The first-order valence-electron chi connectivity index (χ1n) is 6.79. The maximum Gasteiger partial charge on any atom is 0.248 e. The Labute approximate surface area is 118 Å². The molecule has 5 heteroatoms. The highest BCUT2D eigenvalue weighted by Gasteiger charge is 2.41. The molecule has 1 unspecified atom stereocenters. The Kier molecular flexibility index (Phi) is 4.06. The van der Waals surface area contributed by atoms with Gasteiger partial charge in [0.1, 0.15) is 11.4 Å². The summed E-state index contributed by atoms with van der Waals surface area (Å²) in [4.78, 5) is 25.6. The topological polar surface area (TPSA) is 49.4 Å². The predicted octanol–water partition coefficient (Wildman–Crippen LogP) is 1.50. The zero-order valence-electron chi connectivity index (χ0n) is 11.8. The molecule has 1 aliphatic heterocycles. The SMILES string of the molecule is CCC1(C)NC(=O)CN(CCc2ccc(F)cc2)C1=O. The highest BCUT2D eigenvalue weighted by Crippen LogP contribution is 2.18. The van der Waals surface area contributed by atoms with Gasteiger partial charge in [-0.1, -0.05) is 19.1 Å². The van der Waals surface area contributed by atoms with Crippen molar-refractivity contribution in [2.24, 2.45) is 0 Å².